The molecule has 0 fully saturated rings. The van der Waals surface area contributed by atoms with E-state index in [1.165, 1.54) is 22.8 Å². The van der Waals surface area contributed by atoms with Crippen LogP contribution in [0.5, 0.6) is 5.75 Å². The van der Waals surface area contributed by atoms with E-state index in [-0.39, 0.29) is 16.5 Å². The van der Waals surface area contributed by atoms with E-state index in [0.717, 1.165) is 18.2 Å². The van der Waals surface area contributed by atoms with Crippen molar-refractivity contribution >= 4 is 22.8 Å². The molecule has 3 rings (SSSR count). The zero-order valence-corrected chi connectivity index (χ0v) is 16.5. The quantitative estimate of drug-likeness (QED) is 0.658. The Balaban J connectivity index is 2.40. The van der Waals surface area contributed by atoms with E-state index in [1.807, 2.05) is 0 Å². The third-order valence-electron chi connectivity index (χ3n) is 5.00. The first-order valence-corrected chi connectivity index (χ1v) is 9.00. The number of rotatable bonds is 3. The van der Waals surface area contributed by atoms with Crippen LogP contribution in [0.4, 0.5) is 8.78 Å². The number of aliphatic carboxylic acids is 1. The minimum Gasteiger partial charge on any atom is -0.505 e. The number of phenols is 1. The van der Waals surface area contributed by atoms with E-state index >= 15 is 0 Å². The van der Waals surface area contributed by atoms with Gasteiger partial charge in [-0.2, -0.15) is 0 Å². The summed E-state index contributed by atoms with van der Waals surface area (Å²) in [6.45, 7) is 6.79. The van der Waals surface area contributed by atoms with Crippen LogP contribution in [0.2, 0.25) is 0 Å². The van der Waals surface area contributed by atoms with Crippen LogP contribution in [-0.2, 0) is 4.79 Å². The summed E-state index contributed by atoms with van der Waals surface area (Å²) in [5.41, 5.74) is 0.00796. The Bertz CT molecular complexity index is 1140. The second-order valence-electron chi connectivity index (χ2n) is 8.11. The Morgan fingerprint density at radius 3 is 2.31 bits per heavy atom. The molecular weight excluding hydrogens is 380 g/mol. The number of nitrogens with zero attached hydrogens (tertiary/aromatic N) is 1. The molecule has 1 heterocycles. The number of benzene rings is 2. The summed E-state index contributed by atoms with van der Waals surface area (Å²) in [6.07, 6.45) is 0. The lowest BCUT2D eigenvalue weighted by Gasteiger charge is -2.27. The maximum absolute atomic E-state index is 14.1. The number of aromatic hydroxyl groups is 1. The molecule has 0 aliphatic heterocycles. The van der Waals surface area contributed by atoms with Crippen LogP contribution >= 0.6 is 0 Å². The van der Waals surface area contributed by atoms with Crippen molar-refractivity contribution in [1.82, 2.24) is 4.57 Å². The summed E-state index contributed by atoms with van der Waals surface area (Å²) < 4.78 is 29.0. The highest BCUT2D eigenvalue weighted by Gasteiger charge is 2.38. The SMILES string of the molecule is Cc1c(C(C(=O)O)C(C)(C)C)c2cc(O)c(F)cc2n1C(=O)c1cccc(F)c1. The summed E-state index contributed by atoms with van der Waals surface area (Å²) >= 11 is 0. The van der Waals surface area contributed by atoms with Gasteiger partial charge in [-0.05, 0) is 42.2 Å². The Morgan fingerprint density at radius 1 is 1.10 bits per heavy atom. The average Bonchev–Trinajstić information content (AvgIpc) is 2.85. The maximum atomic E-state index is 14.1. The third-order valence-corrected chi connectivity index (χ3v) is 5.00. The second-order valence-corrected chi connectivity index (χ2v) is 8.11. The van der Waals surface area contributed by atoms with Crippen molar-refractivity contribution in [1.29, 1.82) is 0 Å². The number of aromatic nitrogens is 1. The van der Waals surface area contributed by atoms with Crippen molar-refractivity contribution in [2.24, 2.45) is 5.41 Å². The standard InChI is InChI=1S/C22H21F2NO4/c1-11-18(19(21(28)29)22(2,3)4)14-9-17(26)15(24)10-16(14)25(11)20(27)12-6-5-7-13(23)8-12/h5-10,19,26H,1-4H3,(H,28,29). The number of phenolic OH excluding ortho intramolecular Hbond substituents is 1. The molecule has 0 aliphatic rings. The first-order valence-electron chi connectivity index (χ1n) is 9.00. The zero-order valence-electron chi connectivity index (χ0n) is 16.5. The van der Waals surface area contributed by atoms with Crippen molar-refractivity contribution in [3.63, 3.8) is 0 Å². The summed E-state index contributed by atoms with van der Waals surface area (Å²) in [5, 5.41) is 20.0. The maximum Gasteiger partial charge on any atom is 0.311 e. The van der Waals surface area contributed by atoms with Crippen LogP contribution in [0.15, 0.2) is 36.4 Å². The molecule has 0 saturated heterocycles. The fourth-order valence-electron chi connectivity index (χ4n) is 3.75. The Hall–Kier alpha value is -3.22. The molecule has 1 atom stereocenters. The van der Waals surface area contributed by atoms with Crippen LogP contribution < -0.4 is 0 Å². The van der Waals surface area contributed by atoms with Crippen molar-refractivity contribution in [2.45, 2.75) is 33.6 Å². The number of hydrogen-bond acceptors (Lipinski definition) is 3. The molecular formula is C22H21F2NO4. The number of hydrogen-bond donors (Lipinski definition) is 2. The molecule has 0 amide bonds. The number of halogens is 2. The lowest BCUT2D eigenvalue weighted by Crippen LogP contribution is -2.27. The van der Waals surface area contributed by atoms with Gasteiger partial charge in [-0.15, -0.1) is 0 Å². The van der Waals surface area contributed by atoms with Crippen LogP contribution in [-0.4, -0.2) is 26.7 Å². The molecule has 1 aromatic heterocycles. The molecule has 0 bridgehead atoms. The van der Waals surface area contributed by atoms with Gasteiger partial charge in [0, 0.05) is 22.7 Å². The highest BCUT2D eigenvalue weighted by molar-refractivity contribution is 6.05. The van der Waals surface area contributed by atoms with E-state index in [9.17, 15) is 28.6 Å². The molecule has 29 heavy (non-hydrogen) atoms. The van der Waals surface area contributed by atoms with Gasteiger partial charge < -0.3 is 10.2 Å². The van der Waals surface area contributed by atoms with Crippen LogP contribution in [0.3, 0.4) is 0 Å². The number of carbonyl (C=O) groups excluding carboxylic acids is 1. The predicted molar refractivity (Wildman–Crippen MR) is 104 cm³/mol. The molecule has 2 N–H and O–H groups in total. The van der Waals surface area contributed by atoms with E-state index in [1.54, 1.807) is 27.7 Å². The van der Waals surface area contributed by atoms with Gasteiger partial charge in [-0.3, -0.25) is 14.2 Å². The van der Waals surface area contributed by atoms with Gasteiger partial charge in [0.25, 0.3) is 5.91 Å². The summed E-state index contributed by atoms with van der Waals surface area (Å²) in [4.78, 5) is 25.3. The van der Waals surface area contributed by atoms with Gasteiger partial charge in [-0.1, -0.05) is 26.8 Å². The molecule has 5 nitrogen and oxygen atoms in total. The van der Waals surface area contributed by atoms with Crippen LogP contribution in [0, 0.1) is 24.0 Å². The number of fused-ring (bicyclic) bond motifs is 1. The predicted octanol–water partition coefficient (Wildman–Crippen LogP) is 4.84. The molecule has 0 spiro atoms. The van der Waals surface area contributed by atoms with E-state index in [2.05, 4.69) is 0 Å². The monoisotopic (exact) mass is 401 g/mol. The molecule has 1 unspecified atom stereocenters. The minimum atomic E-state index is -1.11. The van der Waals surface area contributed by atoms with Crippen molar-refractivity contribution in [2.75, 3.05) is 0 Å². The third kappa shape index (κ3) is 3.48. The summed E-state index contributed by atoms with van der Waals surface area (Å²) in [5.74, 6) is -4.96. The topological polar surface area (TPSA) is 79.5 Å². The molecule has 3 aromatic rings. The van der Waals surface area contributed by atoms with Gasteiger partial charge in [0.1, 0.15) is 5.82 Å². The van der Waals surface area contributed by atoms with Gasteiger partial charge in [0.15, 0.2) is 11.6 Å². The van der Waals surface area contributed by atoms with E-state index in [4.69, 9.17) is 0 Å². The molecule has 0 saturated carbocycles. The van der Waals surface area contributed by atoms with Crippen LogP contribution in [0.25, 0.3) is 10.9 Å². The fourth-order valence-corrected chi connectivity index (χ4v) is 3.75. The molecule has 152 valence electrons. The number of carboxylic acid groups (broad SMARTS) is 1. The van der Waals surface area contributed by atoms with Gasteiger partial charge in [-0.25, -0.2) is 8.78 Å². The largest absolute Gasteiger partial charge is 0.505 e. The molecule has 0 radical (unpaired) electrons. The van der Waals surface area contributed by atoms with Gasteiger partial charge >= 0.3 is 5.97 Å². The number of carboxylic acids is 1. The lowest BCUT2D eigenvalue weighted by atomic mass is 9.75. The molecule has 2 aromatic carbocycles. The fraction of sp³-hybridized carbons (Fsp3) is 0.273. The molecule has 0 aliphatic carbocycles. The Morgan fingerprint density at radius 2 is 1.76 bits per heavy atom. The molecule has 7 heteroatoms. The second kappa shape index (κ2) is 6.99. The Kier molecular flexibility index (Phi) is 4.94. The average molecular weight is 401 g/mol. The van der Waals surface area contributed by atoms with E-state index in [0.29, 0.717) is 11.3 Å². The van der Waals surface area contributed by atoms with Crippen LogP contribution in [0.1, 0.15) is 48.3 Å². The first kappa shape index (κ1) is 20.5. The number of carbonyl (C=O) groups is 2. The van der Waals surface area contributed by atoms with Crippen molar-refractivity contribution in [3.05, 3.63) is 64.9 Å². The highest BCUT2D eigenvalue weighted by Crippen LogP contribution is 2.43. The van der Waals surface area contributed by atoms with Gasteiger partial charge in [0.05, 0.1) is 11.4 Å². The lowest BCUT2D eigenvalue weighted by molar-refractivity contribution is -0.141. The zero-order chi connectivity index (χ0) is 21.7. The van der Waals surface area contributed by atoms with Crippen molar-refractivity contribution in [3.8, 4) is 5.75 Å². The smallest absolute Gasteiger partial charge is 0.311 e. The van der Waals surface area contributed by atoms with Crippen molar-refractivity contribution < 1.29 is 28.6 Å². The first-order chi connectivity index (χ1) is 13.4. The normalized spacial score (nSPS) is 12.9. The minimum absolute atomic E-state index is 0.0349. The Labute approximate surface area is 166 Å². The summed E-state index contributed by atoms with van der Waals surface area (Å²) in [7, 11) is 0. The van der Waals surface area contributed by atoms with E-state index < -0.39 is 40.6 Å². The highest BCUT2D eigenvalue weighted by atomic mass is 19.1. The van der Waals surface area contributed by atoms with Gasteiger partial charge in [0.2, 0.25) is 0 Å². The summed E-state index contributed by atoms with van der Waals surface area (Å²) in [6, 6.07) is 7.17.